The van der Waals surface area contributed by atoms with Gasteiger partial charge in [-0.3, -0.25) is 4.79 Å². The number of amides is 1. The number of allylic oxidation sites excluding steroid dienone is 1. The molecule has 0 saturated heterocycles. The van der Waals surface area contributed by atoms with Crippen molar-refractivity contribution in [2.45, 2.75) is 27.2 Å². The van der Waals surface area contributed by atoms with Gasteiger partial charge in [-0.25, -0.2) is 0 Å². The lowest BCUT2D eigenvalue weighted by atomic mass is 10.3. The van der Waals surface area contributed by atoms with Crippen LogP contribution in [0.15, 0.2) is 11.6 Å². The predicted octanol–water partition coefficient (Wildman–Crippen LogP) is 1.50. The molecule has 0 rings (SSSR count). The minimum absolute atomic E-state index is 0.0500. The smallest absolute Gasteiger partial charge is 0.246 e. The van der Waals surface area contributed by atoms with E-state index < -0.39 is 0 Å². The summed E-state index contributed by atoms with van der Waals surface area (Å²) in [6.07, 6.45) is 2.92. The van der Waals surface area contributed by atoms with Crippen LogP contribution in [0.25, 0.3) is 0 Å². The Labute approximate surface area is 80.2 Å². The summed E-state index contributed by atoms with van der Waals surface area (Å²) in [5, 5.41) is 2.73. The molecule has 1 N–H and O–H groups in total. The fraction of sp³-hybridized carbons (Fsp3) is 0.700. The fourth-order valence-electron chi connectivity index (χ4n) is 0.729. The van der Waals surface area contributed by atoms with Crippen LogP contribution in [0.3, 0.4) is 0 Å². The monoisotopic (exact) mass is 185 g/mol. The molecule has 0 aliphatic rings. The number of carbonyl (C=O) groups is 1. The molecule has 0 aliphatic heterocycles. The van der Waals surface area contributed by atoms with Crippen molar-refractivity contribution < 1.29 is 9.53 Å². The van der Waals surface area contributed by atoms with Crippen molar-refractivity contribution in [1.29, 1.82) is 0 Å². The summed E-state index contributed by atoms with van der Waals surface area (Å²) in [6.45, 7) is 7.43. The van der Waals surface area contributed by atoms with E-state index in [4.69, 9.17) is 4.74 Å². The van der Waals surface area contributed by atoms with Crippen LogP contribution in [0, 0.1) is 0 Å². The van der Waals surface area contributed by atoms with E-state index in [0.717, 1.165) is 6.42 Å². The molecule has 0 bridgehead atoms. The normalized spacial score (nSPS) is 9.46. The second-order valence-corrected chi connectivity index (χ2v) is 3.14. The Hall–Kier alpha value is -0.830. The second kappa shape index (κ2) is 7.80. The molecule has 0 radical (unpaired) electrons. The summed E-state index contributed by atoms with van der Waals surface area (Å²) in [4.78, 5) is 11.0. The van der Waals surface area contributed by atoms with E-state index in [2.05, 4.69) is 5.32 Å². The lowest BCUT2D eigenvalue weighted by Gasteiger charge is -2.02. The molecule has 0 atom stereocenters. The molecule has 0 aromatic heterocycles. The van der Waals surface area contributed by atoms with Gasteiger partial charge in [-0.15, -0.1) is 0 Å². The SMILES string of the molecule is CCCOCC(=O)NCC=C(C)C. The molecule has 3 nitrogen and oxygen atoms in total. The highest BCUT2D eigenvalue weighted by molar-refractivity contribution is 5.77. The summed E-state index contributed by atoms with van der Waals surface area (Å²) in [7, 11) is 0. The lowest BCUT2D eigenvalue weighted by molar-refractivity contribution is -0.125. The third-order valence-corrected chi connectivity index (χ3v) is 1.39. The first kappa shape index (κ1) is 12.2. The van der Waals surface area contributed by atoms with Gasteiger partial charge in [0.05, 0.1) is 0 Å². The van der Waals surface area contributed by atoms with E-state index in [1.807, 2.05) is 26.8 Å². The van der Waals surface area contributed by atoms with Gasteiger partial charge in [-0.1, -0.05) is 18.6 Å². The first-order valence-corrected chi connectivity index (χ1v) is 4.64. The van der Waals surface area contributed by atoms with Crippen molar-refractivity contribution in [3.05, 3.63) is 11.6 Å². The molecular formula is C10H19NO2. The van der Waals surface area contributed by atoms with Crippen molar-refractivity contribution in [2.24, 2.45) is 0 Å². The van der Waals surface area contributed by atoms with Crippen LogP contribution in [0.4, 0.5) is 0 Å². The number of hydrogen-bond donors (Lipinski definition) is 1. The maximum absolute atomic E-state index is 11.0. The molecule has 13 heavy (non-hydrogen) atoms. The van der Waals surface area contributed by atoms with Crippen molar-refractivity contribution >= 4 is 5.91 Å². The van der Waals surface area contributed by atoms with Crippen molar-refractivity contribution in [3.63, 3.8) is 0 Å². The molecule has 0 saturated carbocycles. The van der Waals surface area contributed by atoms with Gasteiger partial charge in [-0.05, 0) is 20.3 Å². The largest absolute Gasteiger partial charge is 0.372 e. The van der Waals surface area contributed by atoms with Crippen LogP contribution in [-0.4, -0.2) is 25.7 Å². The Kier molecular flexibility index (Phi) is 7.30. The first-order valence-electron chi connectivity index (χ1n) is 4.64. The topological polar surface area (TPSA) is 38.3 Å². The van der Waals surface area contributed by atoms with Crippen LogP contribution in [0.1, 0.15) is 27.2 Å². The van der Waals surface area contributed by atoms with Gasteiger partial charge in [0.25, 0.3) is 0 Å². The quantitative estimate of drug-likeness (QED) is 0.503. The summed E-state index contributed by atoms with van der Waals surface area (Å²) in [5.41, 5.74) is 1.20. The van der Waals surface area contributed by atoms with Gasteiger partial charge in [-0.2, -0.15) is 0 Å². The minimum atomic E-state index is -0.0500. The molecule has 76 valence electrons. The highest BCUT2D eigenvalue weighted by atomic mass is 16.5. The summed E-state index contributed by atoms with van der Waals surface area (Å²) >= 11 is 0. The third kappa shape index (κ3) is 9.08. The summed E-state index contributed by atoms with van der Waals surface area (Å²) in [6, 6.07) is 0. The van der Waals surface area contributed by atoms with E-state index in [1.165, 1.54) is 5.57 Å². The summed E-state index contributed by atoms with van der Waals surface area (Å²) in [5.74, 6) is -0.0500. The van der Waals surface area contributed by atoms with Gasteiger partial charge in [0, 0.05) is 13.2 Å². The Morgan fingerprint density at radius 1 is 1.46 bits per heavy atom. The Balaban J connectivity index is 3.36. The van der Waals surface area contributed by atoms with Crippen molar-refractivity contribution in [2.75, 3.05) is 19.8 Å². The predicted molar refractivity (Wildman–Crippen MR) is 53.6 cm³/mol. The van der Waals surface area contributed by atoms with E-state index in [0.29, 0.717) is 13.2 Å². The maximum atomic E-state index is 11.0. The van der Waals surface area contributed by atoms with Crippen LogP contribution >= 0.6 is 0 Å². The van der Waals surface area contributed by atoms with Crippen molar-refractivity contribution in [3.8, 4) is 0 Å². The fourth-order valence-corrected chi connectivity index (χ4v) is 0.729. The molecule has 1 amide bonds. The molecule has 0 heterocycles. The van der Waals surface area contributed by atoms with Crippen molar-refractivity contribution in [1.82, 2.24) is 5.32 Å². The number of nitrogens with one attached hydrogen (secondary N) is 1. The van der Waals surface area contributed by atoms with E-state index in [9.17, 15) is 4.79 Å². The van der Waals surface area contributed by atoms with E-state index in [1.54, 1.807) is 0 Å². The third-order valence-electron chi connectivity index (χ3n) is 1.39. The van der Waals surface area contributed by atoms with Gasteiger partial charge < -0.3 is 10.1 Å². The highest BCUT2D eigenvalue weighted by Gasteiger charge is 1.97. The number of rotatable bonds is 6. The molecule has 0 fully saturated rings. The molecule has 0 aromatic rings. The zero-order chi connectivity index (χ0) is 10.1. The van der Waals surface area contributed by atoms with Crippen LogP contribution in [0.5, 0.6) is 0 Å². The second-order valence-electron chi connectivity index (χ2n) is 3.14. The van der Waals surface area contributed by atoms with E-state index in [-0.39, 0.29) is 12.5 Å². The molecule has 0 aromatic carbocycles. The van der Waals surface area contributed by atoms with E-state index >= 15 is 0 Å². The van der Waals surface area contributed by atoms with Gasteiger partial charge >= 0.3 is 0 Å². The van der Waals surface area contributed by atoms with Crippen LogP contribution in [-0.2, 0) is 9.53 Å². The number of carbonyl (C=O) groups excluding carboxylic acids is 1. The molecular weight excluding hydrogens is 166 g/mol. The minimum Gasteiger partial charge on any atom is -0.372 e. The average molecular weight is 185 g/mol. The maximum Gasteiger partial charge on any atom is 0.246 e. The molecule has 0 spiro atoms. The zero-order valence-corrected chi connectivity index (χ0v) is 8.72. The van der Waals surface area contributed by atoms with Gasteiger partial charge in [0.1, 0.15) is 6.61 Å². The number of ether oxygens (including phenoxy) is 1. The molecule has 0 unspecified atom stereocenters. The van der Waals surface area contributed by atoms with Gasteiger partial charge in [0.2, 0.25) is 5.91 Å². The van der Waals surface area contributed by atoms with Crippen LogP contribution < -0.4 is 5.32 Å². The highest BCUT2D eigenvalue weighted by Crippen LogP contribution is 1.85. The Morgan fingerprint density at radius 3 is 2.69 bits per heavy atom. The Bertz CT molecular complexity index is 172. The first-order chi connectivity index (χ1) is 6.16. The zero-order valence-electron chi connectivity index (χ0n) is 8.72. The van der Waals surface area contributed by atoms with Crippen LogP contribution in [0.2, 0.25) is 0 Å². The Morgan fingerprint density at radius 2 is 2.15 bits per heavy atom. The average Bonchev–Trinajstić information content (AvgIpc) is 2.04. The lowest BCUT2D eigenvalue weighted by Crippen LogP contribution is -2.27. The number of hydrogen-bond acceptors (Lipinski definition) is 2. The summed E-state index contributed by atoms with van der Waals surface area (Å²) < 4.78 is 5.07. The molecule has 3 heteroatoms. The van der Waals surface area contributed by atoms with Gasteiger partial charge in [0.15, 0.2) is 0 Å². The standard InChI is InChI=1S/C10H19NO2/c1-4-7-13-8-10(12)11-6-5-9(2)3/h5H,4,6-8H2,1-3H3,(H,11,12). The molecule has 0 aliphatic carbocycles.